The van der Waals surface area contributed by atoms with E-state index in [1.165, 1.54) is 55.7 Å². The van der Waals surface area contributed by atoms with Crippen molar-refractivity contribution >= 4 is 46.3 Å². The first kappa shape index (κ1) is 22.6. The van der Waals surface area contributed by atoms with E-state index in [0.717, 1.165) is 4.90 Å². The predicted octanol–water partition coefficient (Wildman–Crippen LogP) is 5.89. The summed E-state index contributed by atoms with van der Waals surface area (Å²) in [6.45, 7) is -0.311. The van der Waals surface area contributed by atoms with Gasteiger partial charge in [0.15, 0.2) is 0 Å². The van der Waals surface area contributed by atoms with E-state index in [0.29, 0.717) is 17.5 Å². The van der Waals surface area contributed by atoms with Gasteiger partial charge in [0, 0.05) is 16.7 Å². The molecule has 0 spiro atoms. The monoisotopic (exact) mass is 488 g/mol. The lowest BCUT2D eigenvalue weighted by molar-refractivity contribution is -0.384. The van der Waals surface area contributed by atoms with Crippen LogP contribution in [0.3, 0.4) is 0 Å². The summed E-state index contributed by atoms with van der Waals surface area (Å²) >= 11 is 6.68. The second-order valence-electron chi connectivity index (χ2n) is 6.81. The van der Waals surface area contributed by atoms with Crippen LogP contribution in [0, 0.1) is 15.9 Å². The van der Waals surface area contributed by atoms with Gasteiger partial charge in [-0.15, -0.1) is 0 Å². The standard InChI is InChI=1S/C22H14ClFN2O6S/c1-31-12-5-7-14(18(9-12)26(29)30)19-8-6-13(32-19)10-20-21(27)25(22(28)33-20)11-15-16(23)3-2-4-17(15)24/h2-10H,11H2,1H3. The molecular weight excluding hydrogens is 475 g/mol. The Kier molecular flexibility index (Phi) is 6.21. The Bertz CT molecular complexity index is 1300. The molecule has 1 saturated heterocycles. The summed E-state index contributed by atoms with van der Waals surface area (Å²) in [4.78, 5) is 36.9. The van der Waals surface area contributed by atoms with Crippen LogP contribution in [0.4, 0.5) is 14.9 Å². The number of nitro benzene ring substituents is 1. The summed E-state index contributed by atoms with van der Waals surface area (Å²) in [5.74, 6) is -0.515. The molecule has 0 N–H and O–H groups in total. The molecule has 1 aliphatic heterocycles. The van der Waals surface area contributed by atoms with Crippen molar-refractivity contribution in [2.24, 2.45) is 0 Å². The van der Waals surface area contributed by atoms with Crippen LogP contribution in [0.5, 0.6) is 5.75 Å². The first-order valence-corrected chi connectivity index (χ1v) is 10.6. The molecule has 8 nitrogen and oxygen atoms in total. The molecular formula is C22H14ClFN2O6S. The molecule has 2 heterocycles. The van der Waals surface area contributed by atoms with Gasteiger partial charge in [0.1, 0.15) is 23.1 Å². The van der Waals surface area contributed by atoms with Crippen molar-refractivity contribution in [3.05, 3.63) is 85.7 Å². The van der Waals surface area contributed by atoms with Crippen LogP contribution in [0.15, 0.2) is 57.9 Å². The minimum atomic E-state index is -0.627. The molecule has 1 fully saturated rings. The maximum atomic E-state index is 14.1. The largest absolute Gasteiger partial charge is 0.497 e. The Morgan fingerprint density at radius 3 is 2.73 bits per heavy atom. The summed E-state index contributed by atoms with van der Waals surface area (Å²) in [5, 5.41) is 11.0. The average Bonchev–Trinajstić information content (AvgIpc) is 3.35. The zero-order chi connectivity index (χ0) is 23.7. The van der Waals surface area contributed by atoms with Crippen LogP contribution in [-0.4, -0.2) is 28.1 Å². The molecule has 0 saturated carbocycles. The molecule has 2 amide bonds. The van der Waals surface area contributed by atoms with Crippen molar-refractivity contribution in [3.63, 3.8) is 0 Å². The summed E-state index contributed by atoms with van der Waals surface area (Å²) in [5.41, 5.74) is 0.0508. The lowest BCUT2D eigenvalue weighted by Gasteiger charge is -2.14. The second-order valence-corrected chi connectivity index (χ2v) is 8.21. The van der Waals surface area contributed by atoms with Gasteiger partial charge >= 0.3 is 0 Å². The van der Waals surface area contributed by atoms with Crippen molar-refractivity contribution in [3.8, 4) is 17.1 Å². The number of carbonyl (C=O) groups is 2. The third kappa shape index (κ3) is 4.48. The average molecular weight is 489 g/mol. The van der Waals surface area contributed by atoms with E-state index in [-0.39, 0.29) is 44.8 Å². The highest BCUT2D eigenvalue weighted by atomic mass is 35.5. The van der Waals surface area contributed by atoms with Gasteiger partial charge in [-0.2, -0.15) is 0 Å². The molecule has 0 bridgehead atoms. The highest BCUT2D eigenvalue weighted by Crippen LogP contribution is 2.37. The first-order chi connectivity index (χ1) is 15.8. The number of rotatable bonds is 6. The number of furan rings is 1. The Balaban J connectivity index is 1.60. The minimum Gasteiger partial charge on any atom is -0.497 e. The van der Waals surface area contributed by atoms with Crippen molar-refractivity contribution in [1.29, 1.82) is 0 Å². The van der Waals surface area contributed by atoms with Crippen molar-refractivity contribution in [1.82, 2.24) is 4.90 Å². The summed E-state index contributed by atoms with van der Waals surface area (Å²) in [6, 6.07) is 11.5. The van der Waals surface area contributed by atoms with Crippen molar-refractivity contribution in [2.75, 3.05) is 7.11 Å². The van der Waals surface area contributed by atoms with E-state index >= 15 is 0 Å². The van der Waals surface area contributed by atoms with Gasteiger partial charge in [-0.1, -0.05) is 17.7 Å². The number of halogens is 2. The van der Waals surface area contributed by atoms with E-state index in [9.17, 15) is 24.1 Å². The maximum Gasteiger partial charge on any atom is 0.293 e. The van der Waals surface area contributed by atoms with Gasteiger partial charge in [-0.05, 0) is 48.2 Å². The number of benzene rings is 2. The first-order valence-electron chi connectivity index (χ1n) is 9.39. The lowest BCUT2D eigenvalue weighted by Crippen LogP contribution is -2.28. The van der Waals surface area contributed by atoms with Crippen LogP contribution in [0.25, 0.3) is 17.4 Å². The number of nitrogens with zero attached hydrogens (tertiary/aromatic N) is 2. The van der Waals surface area contributed by atoms with Gasteiger partial charge < -0.3 is 9.15 Å². The molecule has 3 aromatic rings. The predicted molar refractivity (Wildman–Crippen MR) is 120 cm³/mol. The van der Waals surface area contributed by atoms with E-state index < -0.39 is 21.9 Å². The molecule has 1 aromatic heterocycles. The molecule has 1 aliphatic rings. The van der Waals surface area contributed by atoms with Gasteiger partial charge in [-0.3, -0.25) is 24.6 Å². The maximum absolute atomic E-state index is 14.1. The molecule has 0 unspecified atom stereocenters. The number of ether oxygens (including phenoxy) is 1. The molecule has 11 heteroatoms. The molecule has 2 aromatic carbocycles. The SMILES string of the molecule is COc1ccc(-c2ccc(C=C3SC(=O)N(Cc4c(F)cccc4Cl)C3=O)o2)c([N+](=O)[O-])c1. The lowest BCUT2D eigenvalue weighted by atomic mass is 10.1. The molecule has 33 heavy (non-hydrogen) atoms. The highest BCUT2D eigenvalue weighted by molar-refractivity contribution is 8.18. The van der Waals surface area contributed by atoms with E-state index in [1.807, 2.05) is 0 Å². The van der Waals surface area contributed by atoms with Crippen LogP contribution in [-0.2, 0) is 11.3 Å². The molecule has 4 rings (SSSR count). The normalized spacial score (nSPS) is 14.9. The van der Waals surface area contributed by atoms with Crippen molar-refractivity contribution in [2.45, 2.75) is 6.54 Å². The highest BCUT2D eigenvalue weighted by Gasteiger charge is 2.36. The fourth-order valence-corrected chi connectivity index (χ4v) is 4.22. The van der Waals surface area contributed by atoms with E-state index in [1.54, 1.807) is 6.07 Å². The fraction of sp³-hybridized carbons (Fsp3) is 0.0909. The number of hydrogen-bond acceptors (Lipinski definition) is 7. The van der Waals surface area contributed by atoms with Gasteiger partial charge in [0.05, 0.1) is 35.1 Å². The zero-order valence-electron chi connectivity index (χ0n) is 16.9. The Hall–Kier alpha value is -3.63. The van der Waals surface area contributed by atoms with E-state index in [4.69, 9.17) is 20.8 Å². The number of methoxy groups -OCH3 is 1. The number of nitro groups is 1. The quantitative estimate of drug-likeness (QED) is 0.242. The van der Waals surface area contributed by atoms with Gasteiger partial charge in [0.25, 0.3) is 16.8 Å². The number of imide groups is 1. The number of hydrogen-bond donors (Lipinski definition) is 0. The topological polar surface area (TPSA) is 103 Å². The number of thioether (sulfide) groups is 1. The molecule has 0 radical (unpaired) electrons. The Labute approximate surface area is 195 Å². The third-order valence-corrected chi connectivity index (χ3v) is 6.08. The summed E-state index contributed by atoms with van der Waals surface area (Å²) in [6.07, 6.45) is 1.35. The Morgan fingerprint density at radius 2 is 2.03 bits per heavy atom. The van der Waals surface area contributed by atoms with Gasteiger partial charge in [0.2, 0.25) is 0 Å². The molecule has 0 atom stereocenters. The molecule has 0 aliphatic carbocycles. The third-order valence-electron chi connectivity index (χ3n) is 4.82. The number of carbonyl (C=O) groups excluding carboxylic acids is 2. The van der Waals surface area contributed by atoms with Gasteiger partial charge in [-0.25, -0.2) is 4.39 Å². The molecule has 168 valence electrons. The summed E-state index contributed by atoms with van der Waals surface area (Å²) < 4.78 is 24.8. The van der Waals surface area contributed by atoms with E-state index in [2.05, 4.69) is 0 Å². The zero-order valence-corrected chi connectivity index (χ0v) is 18.5. The Morgan fingerprint density at radius 1 is 1.24 bits per heavy atom. The van der Waals surface area contributed by atoms with Crippen LogP contribution in [0.2, 0.25) is 5.02 Å². The summed E-state index contributed by atoms with van der Waals surface area (Å²) in [7, 11) is 1.40. The fourth-order valence-electron chi connectivity index (χ4n) is 3.18. The van der Waals surface area contributed by atoms with Crippen LogP contribution >= 0.6 is 23.4 Å². The second kappa shape index (κ2) is 9.08. The van der Waals surface area contributed by atoms with Crippen molar-refractivity contribution < 1.29 is 28.1 Å². The number of amides is 2. The smallest absolute Gasteiger partial charge is 0.293 e. The van der Waals surface area contributed by atoms with Crippen LogP contribution < -0.4 is 4.74 Å². The van der Waals surface area contributed by atoms with Crippen LogP contribution in [0.1, 0.15) is 11.3 Å². The minimum absolute atomic E-state index is 0.0369.